The summed E-state index contributed by atoms with van der Waals surface area (Å²) in [6.07, 6.45) is 3.45. The van der Waals surface area contributed by atoms with Gasteiger partial charge in [0.15, 0.2) is 11.5 Å². The molecule has 0 saturated heterocycles. The summed E-state index contributed by atoms with van der Waals surface area (Å²) in [5.41, 5.74) is 4.21. The zero-order chi connectivity index (χ0) is 20.1. The summed E-state index contributed by atoms with van der Waals surface area (Å²) in [7, 11) is 1.63. The van der Waals surface area contributed by atoms with Gasteiger partial charge in [0.05, 0.1) is 5.69 Å². The minimum Gasteiger partial charge on any atom is -0.385 e. The van der Waals surface area contributed by atoms with E-state index in [-0.39, 0.29) is 11.8 Å². The Hall–Kier alpha value is -2.67. The number of hydrogen-bond acceptors (Lipinski definition) is 4. The summed E-state index contributed by atoms with van der Waals surface area (Å²) in [6.45, 7) is 5.85. The summed E-state index contributed by atoms with van der Waals surface area (Å²) in [5, 5.41) is 5.79. The number of hydrogen-bond donors (Lipinski definition) is 2. The topological polar surface area (TPSA) is 85.2 Å². The van der Waals surface area contributed by atoms with Crippen molar-refractivity contribution in [1.29, 1.82) is 0 Å². The number of nitrogens with one attached hydrogen (secondary N) is 2. The molecule has 7 nitrogen and oxygen atoms in total. The van der Waals surface area contributed by atoms with Gasteiger partial charge in [-0.2, -0.15) is 0 Å². The Bertz CT molecular complexity index is 873. The van der Waals surface area contributed by atoms with Gasteiger partial charge in [0.2, 0.25) is 0 Å². The molecule has 7 heteroatoms. The number of anilines is 1. The second kappa shape index (κ2) is 9.01. The molecule has 0 saturated carbocycles. The first-order valence-electron chi connectivity index (χ1n) is 9.76. The minimum absolute atomic E-state index is 0.246. The third-order valence-electron chi connectivity index (χ3n) is 5.11. The van der Waals surface area contributed by atoms with Crippen LogP contribution in [0.4, 0.5) is 5.69 Å². The largest absolute Gasteiger partial charge is 0.385 e. The molecule has 150 valence electrons. The van der Waals surface area contributed by atoms with Crippen molar-refractivity contribution in [1.82, 2.24) is 14.9 Å². The highest BCUT2D eigenvalue weighted by Gasteiger charge is 2.27. The number of amides is 2. The van der Waals surface area contributed by atoms with Crippen molar-refractivity contribution in [3.8, 4) is 0 Å². The minimum atomic E-state index is -0.271. The van der Waals surface area contributed by atoms with Crippen molar-refractivity contribution < 1.29 is 14.3 Å². The van der Waals surface area contributed by atoms with Crippen molar-refractivity contribution in [2.75, 3.05) is 25.6 Å². The molecule has 1 aliphatic heterocycles. The van der Waals surface area contributed by atoms with E-state index >= 15 is 0 Å². The molecule has 0 bridgehead atoms. The van der Waals surface area contributed by atoms with Gasteiger partial charge < -0.3 is 19.9 Å². The first kappa shape index (κ1) is 20.1. The predicted octanol–water partition coefficient (Wildman–Crippen LogP) is 2.85. The van der Waals surface area contributed by atoms with Gasteiger partial charge >= 0.3 is 0 Å². The van der Waals surface area contributed by atoms with Crippen LogP contribution in [0.15, 0.2) is 18.2 Å². The zero-order valence-corrected chi connectivity index (χ0v) is 16.8. The molecule has 1 aromatic carbocycles. The summed E-state index contributed by atoms with van der Waals surface area (Å²) < 4.78 is 6.90. The van der Waals surface area contributed by atoms with E-state index in [0.29, 0.717) is 31.2 Å². The monoisotopic (exact) mass is 384 g/mol. The lowest BCUT2D eigenvalue weighted by Gasteiger charge is -2.17. The predicted molar refractivity (Wildman–Crippen MR) is 108 cm³/mol. The maximum Gasteiger partial charge on any atom is 0.287 e. The summed E-state index contributed by atoms with van der Waals surface area (Å²) >= 11 is 0. The van der Waals surface area contributed by atoms with Gasteiger partial charge in [-0.3, -0.25) is 9.59 Å². The molecule has 0 unspecified atom stereocenters. The average molecular weight is 384 g/mol. The number of imidazole rings is 1. The van der Waals surface area contributed by atoms with Crippen molar-refractivity contribution in [3.05, 3.63) is 46.5 Å². The molecule has 1 aromatic heterocycles. The van der Waals surface area contributed by atoms with E-state index in [1.165, 1.54) is 5.56 Å². The fourth-order valence-corrected chi connectivity index (χ4v) is 3.41. The number of rotatable bonds is 7. The number of carbonyl (C=O) groups is 2. The first-order chi connectivity index (χ1) is 13.5. The molecule has 0 spiro atoms. The van der Waals surface area contributed by atoms with Gasteiger partial charge in [-0.25, -0.2) is 4.98 Å². The van der Waals surface area contributed by atoms with Crippen LogP contribution in [0.1, 0.15) is 57.2 Å². The molecule has 0 radical (unpaired) electrons. The Morgan fingerprint density at radius 2 is 2.00 bits per heavy atom. The molecule has 0 aliphatic carbocycles. The Labute approximate surface area is 165 Å². The maximum atomic E-state index is 12.9. The Balaban J connectivity index is 1.80. The van der Waals surface area contributed by atoms with Crippen LogP contribution >= 0.6 is 0 Å². The van der Waals surface area contributed by atoms with Gasteiger partial charge in [0.1, 0.15) is 0 Å². The Kier molecular flexibility index (Phi) is 6.46. The van der Waals surface area contributed by atoms with Crippen LogP contribution in [0.2, 0.25) is 0 Å². The molecule has 2 heterocycles. The fraction of sp³-hybridized carbons (Fsp3) is 0.476. The van der Waals surface area contributed by atoms with Crippen molar-refractivity contribution in [2.45, 2.75) is 46.1 Å². The van der Waals surface area contributed by atoms with Crippen LogP contribution in [-0.2, 0) is 17.7 Å². The van der Waals surface area contributed by atoms with Gasteiger partial charge in [-0.1, -0.05) is 6.07 Å². The molecule has 0 atom stereocenters. The van der Waals surface area contributed by atoms with Gasteiger partial charge in [-0.05, 0) is 62.8 Å². The molecule has 1 aliphatic rings. The first-order valence-corrected chi connectivity index (χ1v) is 9.76. The van der Waals surface area contributed by atoms with Crippen LogP contribution in [-0.4, -0.2) is 41.6 Å². The number of benzene rings is 1. The Morgan fingerprint density at radius 1 is 1.18 bits per heavy atom. The van der Waals surface area contributed by atoms with Crippen molar-refractivity contribution in [2.24, 2.45) is 0 Å². The standard InChI is InChI=1S/C21H28N4O3/c1-14-8-9-16(13-15(14)2)23-20(26)18-17-7-4-5-11-25(17)19(24-18)21(27)22-10-6-12-28-3/h8-9,13H,4-7,10-12H2,1-3H3,(H,22,27)(H,23,26). The second-order valence-corrected chi connectivity index (χ2v) is 7.19. The summed E-state index contributed by atoms with van der Waals surface area (Å²) in [6, 6.07) is 5.80. The molecule has 28 heavy (non-hydrogen) atoms. The lowest BCUT2D eigenvalue weighted by atomic mass is 10.1. The smallest absolute Gasteiger partial charge is 0.287 e. The van der Waals surface area contributed by atoms with Gasteiger partial charge in [0, 0.05) is 32.5 Å². The number of aromatic nitrogens is 2. The average Bonchev–Trinajstić information content (AvgIpc) is 3.08. The SMILES string of the molecule is COCCCNC(=O)c1nc(C(=O)Nc2ccc(C)c(C)c2)c2n1CCCC2. The van der Waals surface area contributed by atoms with E-state index in [9.17, 15) is 9.59 Å². The maximum absolute atomic E-state index is 12.9. The molecule has 3 rings (SSSR count). The van der Waals surface area contributed by atoms with Gasteiger partial charge in [0.25, 0.3) is 11.8 Å². The number of carbonyl (C=O) groups excluding carboxylic acids is 2. The number of methoxy groups -OCH3 is 1. The van der Waals surface area contributed by atoms with E-state index in [1.54, 1.807) is 7.11 Å². The van der Waals surface area contributed by atoms with Crippen LogP contribution < -0.4 is 10.6 Å². The lowest BCUT2D eigenvalue weighted by molar-refractivity contribution is 0.0932. The quantitative estimate of drug-likeness (QED) is 0.719. The van der Waals surface area contributed by atoms with Gasteiger partial charge in [-0.15, -0.1) is 0 Å². The molecular formula is C21H28N4O3. The number of fused-ring (bicyclic) bond motifs is 1. The molecule has 2 aromatic rings. The number of ether oxygens (including phenoxy) is 1. The van der Waals surface area contributed by atoms with Crippen LogP contribution in [0.5, 0.6) is 0 Å². The third kappa shape index (κ3) is 4.42. The molecular weight excluding hydrogens is 356 g/mol. The van der Waals surface area contributed by atoms with E-state index in [2.05, 4.69) is 15.6 Å². The lowest BCUT2D eigenvalue weighted by Crippen LogP contribution is -2.29. The highest BCUT2D eigenvalue weighted by molar-refractivity contribution is 6.05. The van der Waals surface area contributed by atoms with Crippen LogP contribution in [0.3, 0.4) is 0 Å². The normalized spacial score (nSPS) is 13.1. The number of nitrogens with zero attached hydrogens (tertiary/aromatic N) is 2. The highest BCUT2D eigenvalue weighted by Crippen LogP contribution is 2.23. The zero-order valence-electron chi connectivity index (χ0n) is 16.8. The summed E-state index contributed by atoms with van der Waals surface area (Å²) in [4.78, 5) is 29.9. The van der Waals surface area contributed by atoms with E-state index < -0.39 is 0 Å². The van der Waals surface area contributed by atoms with E-state index in [1.807, 2.05) is 36.6 Å². The molecule has 0 fully saturated rings. The number of aryl methyl sites for hydroxylation is 2. The Morgan fingerprint density at radius 3 is 2.75 bits per heavy atom. The summed E-state index contributed by atoms with van der Waals surface area (Å²) in [5.74, 6) is -0.200. The second-order valence-electron chi connectivity index (χ2n) is 7.19. The van der Waals surface area contributed by atoms with Crippen LogP contribution in [0.25, 0.3) is 0 Å². The van der Waals surface area contributed by atoms with Crippen molar-refractivity contribution >= 4 is 17.5 Å². The molecule has 2 N–H and O–H groups in total. The van der Waals surface area contributed by atoms with E-state index in [4.69, 9.17) is 4.74 Å². The van der Waals surface area contributed by atoms with Crippen LogP contribution in [0, 0.1) is 13.8 Å². The molecule has 2 amide bonds. The van der Waals surface area contributed by atoms with E-state index in [0.717, 1.165) is 42.6 Å². The highest BCUT2D eigenvalue weighted by atomic mass is 16.5. The fourth-order valence-electron chi connectivity index (χ4n) is 3.41. The third-order valence-corrected chi connectivity index (χ3v) is 5.11. The van der Waals surface area contributed by atoms with Crippen molar-refractivity contribution in [3.63, 3.8) is 0 Å².